The van der Waals surface area contributed by atoms with Gasteiger partial charge in [0.1, 0.15) is 23.7 Å². The van der Waals surface area contributed by atoms with Crippen molar-refractivity contribution in [3.05, 3.63) is 23.2 Å². The molecule has 0 atom stereocenters. The third-order valence-electron chi connectivity index (χ3n) is 2.84. The summed E-state index contributed by atoms with van der Waals surface area (Å²) < 4.78 is 10.8. The number of carboxylic acid groups (broad SMARTS) is 1. The minimum absolute atomic E-state index is 0.219. The first-order valence-electron chi connectivity index (χ1n) is 6.55. The molecule has 18 heavy (non-hydrogen) atoms. The van der Waals surface area contributed by atoms with E-state index >= 15 is 0 Å². The molecule has 102 valence electrons. The van der Waals surface area contributed by atoms with Gasteiger partial charge in [0.2, 0.25) is 0 Å². The van der Waals surface area contributed by atoms with Crippen LogP contribution in [0.15, 0.2) is 10.5 Å². The minimum Gasteiger partial charge on any atom is -0.478 e. The molecule has 0 aromatic carbocycles. The number of carboxylic acids is 1. The maximum atomic E-state index is 10.8. The van der Waals surface area contributed by atoms with E-state index in [9.17, 15) is 4.79 Å². The molecule has 0 aliphatic heterocycles. The van der Waals surface area contributed by atoms with E-state index in [0.29, 0.717) is 24.7 Å². The van der Waals surface area contributed by atoms with Crippen LogP contribution in [0.25, 0.3) is 0 Å². The second-order valence-corrected chi connectivity index (χ2v) is 4.45. The summed E-state index contributed by atoms with van der Waals surface area (Å²) in [6.45, 7) is 4.89. The molecule has 0 radical (unpaired) electrons. The Labute approximate surface area is 108 Å². The summed E-state index contributed by atoms with van der Waals surface area (Å²) in [6, 6.07) is 1.54. The van der Waals surface area contributed by atoms with Gasteiger partial charge in [0, 0.05) is 6.61 Å². The summed E-state index contributed by atoms with van der Waals surface area (Å²) in [5, 5.41) is 8.87. The molecule has 4 heteroatoms. The van der Waals surface area contributed by atoms with Crippen LogP contribution >= 0.6 is 0 Å². The molecule has 4 nitrogen and oxygen atoms in total. The molecule has 1 aromatic heterocycles. The number of rotatable bonds is 9. The fourth-order valence-electron chi connectivity index (χ4n) is 1.81. The molecule has 0 spiro atoms. The van der Waals surface area contributed by atoms with Crippen LogP contribution in [0.3, 0.4) is 0 Å². The Bertz CT molecular complexity index is 368. The average molecular weight is 254 g/mol. The van der Waals surface area contributed by atoms with Crippen molar-refractivity contribution in [2.75, 3.05) is 6.61 Å². The first-order valence-corrected chi connectivity index (χ1v) is 6.55. The van der Waals surface area contributed by atoms with Crippen molar-refractivity contribution in [2.45, 2.75) is 52.6 Å². The SMILES string of the molecule is CCCCCCCOCc1cc(C(=O)O)c(C)o1. The van der Waals surface area contributed by atoms with Crippen molar-refractivity contribution < 1.29 is 19.1 Å². The van der Waals surface area contributed by atoms with E-state index in [2.05, 4.69) is 6.92 Å². The smallest absolute Gasteiger partial charge is 0.339 e. The zero-order valence-electron chi connectivity index (χ0n) is 11.2. The molecule has 0 amide bonds. The van der Waals surface area contributed by atoms with Gasteiger partial charge in [-0.15, -0.1) is 0 Å². The Morgan fingerprint density at radius 2 is 2.06 bits per heavy atom. The lowest BCUT2D eigenvalue weighted by molar-refractivity contribution is 0.0695. The Kier molecular flexibility index (Phi) is 6.50. The molecule has 0 aliphatic carbocycles. The molecular formula is C14H22O4. The maximum absolute atomic E-state index is 10.8. The van der Waals surface area contributed by atoms with Gasteiger partial charge in [0.05, 0.1) is 0 Å². The van der Waals surface area contributed by atoms with Crippen molar-refractivity contribution in [3.8, 4) is 0 Å². The van der Waals surface area contributed by atoms with E-state index < -0.39 is 5.97 Å². The normalized spacial score (nSPS) is 10.8. The number of unbranched alkanes of at least 4 members (excludes halogenated alkanes) is 4. The monoisotopic (exact) mass is 254 g/mol. The highest BCUT2D eigenvalue weighted by molar-refractivity contribution is 5.88. The van der Waals surface area contributed by atoms with Crippen LogP contribution in [0, 0.1) is 6.92 Å². The maximum Gasteiger partial charge on any atom is 0.339 e. The molecule has 0 unspecified atom stereocenters. The second kappa shape index (κ2) is 7.93. The first kappa shape index (κ1) is 14.8. The predicted octanol–water partition coefficient (Wildman–Crippen LogP) is 3.77. The van der Waals surface area contributed by atoms with Gasteiger partial charge in [-0.25, -0.2) is 4.79 Å². The molecule has 0 aliphatic rings. The summed E-state index contributed by atoms with van der Waals surface area (Å²) >= 11 is 0. The van der Waals surface area contributed by atoms with Crippen LogP contribution in [0.5, 0.6) is 0 Å². The van der Waals surface area contributed by atoms with E-state index in [1.54, 1.807) is 6.92 Å². The van der Waals surface area contributed by atoms with Crippen LogP contribution < -0.4 is 0 Å². The highest BCUT2D eigenvalue weighted by Gasteiger charge is 2.13. The van der Waals surface area contributed by atoms with Crippen LogP contribution in [0.1, 0.15) is 60.9 Å². The number of ether oxygens (including phenoxy) is 1. The molecule has 1 N–H and O–H groups in total. The predicted molar refractivity (Wildman–Crippen MR) is 68.8 cm³/mol. The zero-order valence-corrected chi connectivity index (χ0v) is 11.2. The van der Waals surface area contributed by atoms with Gasteiger partial charge in [-0.2, -0.15) is 0 Å². The van der Waals surface area contributed by atoms with Crippen molar-refractivity contribution in [1.29, 1.82) is 0 Å². The fraction of sp³-hybridized carbons (Fsp3) is 0.643. The number of hydrogen-bond acceptors (Lipinski definition) is 3. The zero-order chi connectivity index (χ0) is 13.4. The van der Waals surface area contributed by atoms with E-state index in [-0.39, 0.29) is 5.56 Å². The lowest BCUT2D eigenvalue weighted by atomic mass is 10.2. The number of furan rings is 1. The van der Waals surface area contributed by atoms with Crippen LogP contribution in [-0.2, 0) is 11.3 Å². The van der Waals surface area contributed by atoms with Crippen molar-refractivity contribution in [3.63, 3.8) is 0 Å². The largest absolute Gasteiger partial charge is 0.478 e. The van der Waals surface area contributed by atoms with Gasteiger partial charge in [0.25, 0.3) is 0 Å². The molecule has 0 saturated heterocycles. The van der Waals surface area contributed by atoms with Gasteiger partial charge in [-0.05, 0) is 19.4 Å². The van der Waals surface area contributed by atoms with Gasteiger partial charge >= 0.3 is 5.97 Å². The summed E-state index contributed by atoms with van der Waals surface area (Å²) in [7, 11) is 0. The summed E-state index contributed by atoms with van der Waals surface area (Å²) in [5.41, 5.74) is 0.219. The van der Waals surface area contributed by atoms with Gasteiger partial charge < -0.3 is 14.3 Å². The van der Waals surface area contributed by atoms with Crippen LogP contribution in [0.4, 0.5) is 0 Å². The van der Waals surface area contributed by atoms with Crippen molar-refractivity contribution in [2.24, 2.45) is 0 Å². The Hall–Kier alpha value is -1.29. The Morgan fingerprint density at radius 3 is 2.67 bits per heavy atom. The van der Waals surface area contributed by atoms with E-state index in [4.69, 9.17) is 14.3 Å². The highest BCUT2D eigenvalue weighted by atomic mass is 16.5. The summed E-state index contributed by atoms with van der Waals surface area (Å²) in [5.74, 6) is 0.0598. The lowest BCUT2D eigenvalue weighted by Crippen LogP contribution is -1.96. The second-order valence-electron chi connectivity index (χ2n) is 4.45. The summed E-state index contributed by atoms with van der Waals surface area (Å²) in [4.78, 5) is 10.8. The number of carbonyl (C=O) groups is 1. The Morgan fingerprint density at radius 1 is 1.33 bits per heavy atom. The highest BCUT2D eigenvalue weighted by Crippen LogP contribution is 2.15. The quantitative estimate of drug-likeness (QED) is 0.681. The standard InChI is InChI=1S/C14H22O4/c1-3-4-5-6-7-8-17-10-12-9-13(14(15)16)11(2)18-12/h9H,3-8,10H2,1-2H3,(H,15,16). The minimum atomic E-state index is -0.956. The Balaban J connectivity index is 2.19. The van der Waals surface area contributed by atoms with Gasteiger partial charge in [0.15, 0.2) is 0 Å². The lowest BCUT2D eigenvalue weighted by Gasteiger charge is -2.01. The molecule has 1 aromatic rings. The molecule has 1 rings (SSSR count). The van der Waals surface area contributed by atoms with Crippen molar-refractivity contribution in [1.82, 2.24) is 0 Å². The van der Waals surface area contributed by atoms with Crippen LogP contribution in [0.2, 0.25) is 0 Å². The number of aromatic carboxylic acids is 1. The fourth-order valence-corrected chi connectivity index (χ4v) is 1.81. The molecule has 1 heterocycles. The van der Waals surface area contributed by atoms with E-state index in [1.807, 2.05) is 0 Å². The van der Waals surface area contributed by atoms with E-state index in [0.717, 1.165) is 6.42 Å². The molecular weight excluding hydrogens is 232 g/mol. The third-order valence-corrected chi connectivity index (χ3v) is 2.84. The third kappa shape index (κ3) is 4.92. The average Bonchev–Trinajstić information content (AvgIpc) is 2.69. The first-order chi connectivity index (χ1) is 8.65. The van der Waals surface area contributed by atoms with E-state index in [1.165, 1.54) is 31.7 Å². The molecule has 0 bridgehead atoms. The molecule has 0 saturated carbocycles. The van der Waals surface area contributed by atoms with Gasteiger partial charge in [-0.1, -0.05) is 32.6 Å². The van der Waals surface area contributed by atoms with Crippen LogP contribution in [-0.4, -0.2) is 17.7 Å². The molecule has 0 fully saturated rings. The number of aryl methyl sites for hydroxylation is 1. The van der Waals surface area contributed by atoms with Crippen molar-refractivity contribution >= 4 is 5.97 Å². The topological polar surface area (TPSA) is 59.7 Å². The number of hydrogen-bond donors (Lipinski definition) is 1. The van der Waals surface area contributed by atoms with Gasteiger partial charge in [-0.3, -0.25) is 0 Å². The summed E-state index contributed by atoms with van der Waals surface area (Å²) in [6.07, 6.45) is 6.00.